The number of anilines is 1. The Bertz CT molecular complexity index is 1550. The van der Waals surface area contributed by atoms with E-state index < -0.39 is 41.3 Å². The van der Waals surface area contributed by atoms with Crippen LogP contribution in [0, 0.1) is 0 Å². The van der Waals surface area contributed by atoms with E-state index in [1.54, 1.807) is 9.29 Å². The summed E-state index contributed by atoms with van der Waals surface area (Å²) in [5.74, 6) is 0.137. The van der Waals surface area contributed by atoms with Gasteiger partial charge in [-0.05, 0) is 31.4 Å². The van der Waals surface area contributed by atoms with Gasteiger partial charge >= 0.3 is 10.3 Å². The fraction of sp³-hybridized carbons (Fsp3) is 0.500. The van der Waals surface area contributed by atoms with Gasteiger partial charge in [-0.3, -0.25) is 18.5 Å². The molecule has 2 saturated heterocycles. The molecule has 3 atom stereocenters. The minimum absolute atomic E-state index is 0.119. The van der Waals surface area contributed by atoms with Gasteiger partial charge in [0, 0.05) is 32.5 Å². The molecule has 3 aliphatic heterocycles. The summed E-state index contributed by atoms with van der Waals surface area (Å²) in [4.78, 5) is 31.2. The van der Waals surface area contributed by atoms with Crippen molar-refractivity contribution in [2.24, 2.45) is 4.99 Å². The number of nitrogen functional groups attached to an aromatic ring is 1. The lowest BCUT2D eigenvalue weighted by Gasteiger charge is -2.27. The summed E-state index contributed by atoms with van der Waals surface area (Å²) in [6, 6.07) is 5.43. The second-order valence-corrected chi connectivity index (χ2v) is 11.5. The molecule has 15 nitrogen and oxygen atoms in total. The van der Waals surface area contributed by atoms with Crippen LogP contribution in [0.5, 0.6) is 5.75 Å². The number of aliphatic hydroxyl groups is 1. The zero-order chi connectivity index (χ0) is 29.7. The van der Waals surface area contributed by atoms with E-state index in [4.69, 9.17) is 14.7 Å². The monoisotopic (exact) mass is 602 g/mol. The zero-order valence-electron chi connectivity index (χ0n) is 22.9. The average molecular weight is 603 g/mol. The number of hydrogen-bond acceptors (Lipinski definition) is 13. The van der Waals surface area contributed by atoms with E-state index in [-0.39, 0.29) is 23.6 Å². The van der Waals surface area contributed by atoms with Crippen molar-refractivity contribution in [1.82, 2.24) is 29.1 Å². The van der Waals surface area contributed by atoms with E-state index in [0.717, 1.165) is 6.54 Å². The van der Waals surface area contributed by atoms with Crippen LogP contribution in [0.2, 0.25) is 0 Å². The van der Waals surface area contributed by atoms with Gasteiger partial charge in [-0.25, -0.2) is 19.7 Å². The molecule has 5 heterocycles. The van der Waals surface area contributed by atoms with E-state index in [9.17, 15) is 23.4 Å². The number of benzene rings is 1. The molecule has 0 radical (unpaired) electrons. The van der Waals surface area contributed by atoms with Crippen molar-refractivity contribution < 1.29 is 32.3 Å². The molecule has 3 aliphatic rings. The molecular formula is C26H34N8O7S. The number of carbonyl (C=O) groups is 1. The van der Waals surface area contributed by atoms with Crippen LogP contribution in [-0.4, -0.2) is 93.2 Å². The maximum atomic E-state index is 12.1. The molecule has 3 aromatic rings. The molecule has 0 bridgehead atoms. The van der Waals surface area contributed by atoms with Gasteiger partial charge in [0.2, 0.25) is 0 Å². The number of phenols is 1. The molecule has 1 aromatic carbocycles. The lowest BCUT2D eigenvalue weighted by Crippen LogP contribution is -2.36. The van der Waals surface area contributed by atoms with Gasteiger partial charge in [0.25, 0.3) is 5.91 Å². The highest BCUT2D eigenvalue weighted by Crippen LogP contribution is 2.31. The first-order chi connectivity index (χ1) is 20.2. The highest BCUT2D eigenvalue weighted by atomic mass is 32.2. The number of nitrogens with one attached hydrogen (secondary N) is 1. The Kier molecular flexibility index (Phi) is 9.15. The van der Waals surface area contributed by atoms with Crippen molar-refractivity contribution in [2.45, 2.75) is 57.0 Å². The quantitative estimate of drug-likeness (QED) is 0.313. The zero-order valence-corrected chi connectivity index (χ0v) is 23.7. The van der Waals surface area contributed by atoms with Gasteiger partial charge in [-0.1, -0.05) is 18.6 Å². The number of ether oxygens (including phenoxy) is 1. The molecule has 0 spiro atoms. The van der Waals surface area contributed by atoms with E-state index >= 15 is 0 Å². The number of aromatic hydroxyl groups is 1. The van der Waals surface area contributed by atoms with Gasteiger partial charge < -0.3 is 25.6 Å². The molecule has 0 saturated carbocycles. The molecule has 0 aliphatic carbocycles. The summed E-state index contributed by atoms with van der Waals surface area (Å²) >= 11 is 0. The number of imidazole rings is 1. The summed E-state index contributed by atoms with van der Waals surface area (Å²) < 4.78 is 37.9. The van der Waals surface area contributed by atoms with Gasteiger partial charge in [-0.15, -0.1) is 0 Å². The minimum Gasteiger partial charge on any atom is -0.507 e. The first kappa shape index (κ1) is 29.6. The number of nitrogens with two attached hydrogens (primary N) is 1. The Morgan fingerprint density at radius 1 is 1.14 bits per heavy atom. The smallest absolute Gasteiger partial charge is 0.362 e. The lowest BCUT2D eigenvalue weighted by molar-refractivity contribution is -0.0373. The van der Waals surface area contributed by atoms with Crippen LogP contribution in [0.4, 0.5) is 5.82 Å². The number of aliphatic hydroxyl groups excluding tert-OH is 1. The third-order valence-corrected chi connectivity index (χ3v) is 8.11. The topological polar surface area (TPSA) is 207 Å². The normalized spacial score (nSPS) is 22.5. The molecule has 2 aromatic heterocycles. The lowest BCUT2D eigenvalue weighted by atomic mass is 10.2. The number of para-hydroxylation sites is 1. The number of aromatic nitrogens is 4. The Labute approximate surface area is 242 Å². The third-order valence-electron chi connectivity index (χ3n) is 7.23. The summed E-state index contributed by atoms with van der Waals surface area (Å²) in [7, 11) is -4.53. The molecule has 1 amide bonds. The molecule has 42 heavy (non-hydrogen) atoms. The van der Waals surface area contributed by atoms with Crippen molar-refractivity contribution in [3.63, 3.8) is 0 Å². The van der Waals surface area contributed by atoms with Crippen molar-refractivity contribution in [3.8, 4) is 5.75 Å². The van der Waals surface area contributed by atoms with E-state index in [1.165, 1.54) is 87.9 Å². The first-order valence-corrected chi connectivity index (χ1v) is 15.2. The summed E-state index contributed by atoms with van der Waals surface area (Å²) in [5, 5.41) is 19.9. The second kappa shape index (κ2) is 13.0. The van der Waals surface area contributed by atoms with Crippen LogP contribution in [0.25, 0.3) is 11.2 Å². The van der Waals surface area contributed by atoms with Crippen LogP contribution < -0.4 is 10.5 Å². The van der Waals surface area contributed by atoms with Gasteiger partial charge in [-0.2, -0.15) is 8.42 Å². The summed E-state index contributed by atoms with van der Waals surface area (Å²) in [5.41, 5.74) is 6.29. The highest BCUT2D eigenvalue weighted by Gasteiger charge is 2.37. The predicted octanol–water partition coefficient (Wildman–Crippen LogP) is 1.12. The predicted molar refractivity (Wildman–Crippen MR) is 152 cm³/mol. The van der Waals surface area contributed by atoms with Crippen molar-refractivity contribution in [1.29, 1.82) is 0 Å². The second-order valence-electron chi connectivity index (χ2n) is 10.2. The number of fused-ring (bicyclic) bond motifs is 2. The number of amides is 1. The maximum Gasteiger partial charge on any atom is 0.362 e. The van der Waals surface area contributed by atoms with Crippen molar-refractivity contribution in [3.05, 3.63) is 42.5 Å². The molecule has 6 rings (SSSR count). The van der Waals surface area contributed by atoms with E-state index in [2.05, 4.69) is 24.8 Å². The standard InChI is InChI=1S/C17H18N6O7S.C9H16N2/c18-15-14-16(20-7-19-15)23(8-21-14)13-5-11(25)12(30-13)6-29-31(27,28)22-17(26)9-3-1-2-4-10(9)24;1-2-5-9-10-6-4-8-11(9)7-3-1/h1-4,7-8,11-13,24-25H,5-6H2,(H,22,26)(H2,18,19,20);1-8H2/t11-,12+,13+;/m0./s1. The minimum atomic E-state index is -4.53. The highest BCUT2D eigenvalue weighted by molar-refractivity contribution is 7.85. The van der Waals surface area contributed by atoms with Crippen LogP contribution in [0.3, 0.4) is 0 Å². The van der Waals surface area contributed by atoms with Crippen molar-refractivity contribution >= 4 is 39.0 Å². The molecule has 226 valence electrons. The largest absolute Gasteiger partial charge is 0.507 e. The SMILES string of the molecule is C1CCC2=NCCCN2CC1.Nc1ncnc2c1ncn2[C@H]1C[C@H](O)[C@@H](COS(=O)(=O)NC(=O)c2ccccc2O)O1. The summed E-state index contributed by atoms with van der Waals surface area (Å²) in [6.45, 7) is 3.05. The number of rotatable bonds is 6. The van der Waals surface area contributed by atoms with Gasteiger partial charge in [0.15, 0.2) is 11.5 Å². The number of amidine groups is 1. The number of carbonyl (C=O) groups excluding carboxylic acids is 1. The van der Waals surface area contributed by atoms with Crippen LogP contribution in [0.1, 0.15) is 55.1 Å². The van der Waals surface area contributed by atoms with Gasteiger partial charge in [0.05, 0.1) is 30.4 Å². The molecule has 0 unspecified atom stereocenters. The fourth-order valence-corrected chi connectivity index (χ4v) is 5.79. The van der Waals surface area contributed by atoms with E-state index in [0.29, 0.717) is 11.2 Å². The molecular weight excluding hydrogens is 568 g/mol. The van der Waals surface area contributed by atoms with Crippen LogP contribution >= 0.6 is 0 Å². The molecule has 5 N–H and O–H groups in total. The first-order valence-electron chi connectivity index (χ1n) is 13.8. The molecule has 16 heteroatoms. The van der Waals surface area contributed by atoms with Crippen LogP contribution in [-0.2, 0) is 19.2 Å². The van der Waals surface area contributed by atoms with Crippen molar-refractivity contribution in [2.75, 3.05) is 32.0 Å². The number of hydrogen-bond donors (Lipinski definition) is 4. The Morgan fingerprint density at radius 2 is 1.95 bits per heavy atom. The number of aliphatic imine (C=N–C) groups is 1. The Balaban J connectivity index is 0.000000267. The Morgan fingerprint density at radius 3 is 2.79 bits per heavy atom. The third kappa shape index (κ3) is 6.95. The average Bonchev–Trinajstić information content (AvgIpc) is 3.48. The summed E-state index contributed by atoms with van der Waals surface area (Å²) in [6.07, 6.45) is 6.70. The Hall–Kier alpha value is -3.86. The molecule has 2 fully saturated rings. The number of nitrogens with zero attached hydrogens (tertiary/aromatic N) is 6. The van der Waals surface area contributed by atoms with Gasteiger partial charge in [0.1, 0.15) is 29.9 Å². The maximum absolute atomic E-state index is 12.1. The fourth-order valence-electron chi connectivity index (χ4n) is 5.08. The van der Waals surface area contributed by atoms with Crippen LogP contribution in [0.15, 0.2) is 41.9 Å². The van der Waals surface area contributed by atoms with E-state index in [1.807, 2.05) is 0 Å². The number of phenolic OH excluding ortho intramolecular Hbond substituents is 1.